The normalized spacial score (nSPS) is 18.9. The lowest BCUT2D eigenvalue weighted by Crippen LogP contribution is -2.58. The van der Waals surface area contributed by atoms with Gasteiger partial charge in [-0.1, -0.05) is 6.07 Å². The predicted molar refractivity (Wildman–Crippen MR) is 281 cm³/mol. The minimum Gasteiger partial charge on any atom is -0.491 e. The summed E-state index contributed by atoms with van der Waals surface area (Å²) in [6.45, 7) is 6.41. The maximum atomic E-state index is 13.6. The first-order valence-corrected chi connectivity index (χ1v) is 28.1. The molecule has 2 aromatic heterocycles. The van der Waals surface area contributed by atoms with Gasteiger partial charge in [0.1, 0.15) is 54.4 Å². The van der Waals surface area contributed by atoms with Gasteiger partial charge in [0.05, 0.1) is 137 Å². The minimum absolute atomic E-state index is 0.0462. The number of ether oxygens (including phenoxy) is 12. The number of benzene rings is 2. The molecular formula is C50H67ClF3N8O18P. The van der Waals surface area contributed by atoms with Gasteiger partial charge in [-0.2, -0.15) is 20.2 Å². The van der Waals surface area contributed by atoms with Crippen LogP contribution in [0.4, 0.5) is 19.0 Å². The van der Waals surface area contributed by atoms with Crippen molar-refractivity contribution in [2.45, 2.75) is 49.2 Å². The number of aryl methyl sites for hydroxylation is 1. The van der Waals surface area contributed by atoms with Crippen LogP contribution in [-0.2, 0) is 68.6 Å². The highest BCUT2D eigenvalue weighted by molar-refractivity contribution is 7.51. The van der Waals surface area contributed by atoms with Gasteiger partial charge >= 0.3 is 13.6 Å². The van der Waals surface area contributed by atoms with Crippen LogP contribution in [-0.4, -0.2) is 221 Å². The Morgan fingerprint density at radius 2 is 1.42 bits per heavy atom. The summed E-state index contributed by atoms with van der Waals surface area (Å²) in [5.74, 6) is 1.11. The fourth-order valence-electron chi connectivity index (χ4n) is 8.86. The Labute approximate surface area is 468 Å². The lowest BCUT2D eigenvalue weighted by Gasteiger charge is -2.49. The summed E-state index contributed by atoms with van der Waals surface area (Å²) in [6, 6.07) is 7.00. The van der Waals surface area contributed by atoms with E-state index in [1.807, 2.05) is 6.07 Å². The van der Waals surface area contributed by atoms with Gasteiger partial charge in [-0.3, -0.25) is 14.4 Å². The molecule has 0 saturated carbocycles. The zero-order valence-corrected chi connectivity index (χ0v) is 45.9. The van der Waals surface area contributed by atoms with Crippen LogP contribution in [0.15, 0.2) is 46.6 Å². The number of carbonyl (C=O) groups is 1. The molecule has 26 nitrogen and oxygen atoms in total. The number of aromatic nitrogens is 4. The van der Waals surface area contributed by atoms with Crippen LogP contribution in [0, 0.1) is 17.5 Å². The zero-order valence-electron chi connectivity index (χ0n) is 44.2. The first-order valence-electron chi connectivity index (χ1n) is 25.9. The van der Waals surface area contributed by atoms with Crippen molar-refractivity contribution in [2.24, 2.45) is 15.9 Å². The van der Waals surface area contributed by atoms with Crippen LogP contribution in [0.3, 0.4) is 0 Å². The van der Waals surface area contributed by atoms with Crippen molar-refractivity contribution in [2.75, 3.05) is 150 Å². The number of rotatable bonds is 38. The van der Waals surface area contributed by atoms with E-state index in [4.69, 9.17) is 79.3 Å². The summed E-state index contributed by atoms with van der Waals surface area (Å²) in [4.78, 5) is 45.2. The van der Waals surface area contributed by atoms with E-state index in [0.717, 1.165) is 18.6 Å². The average Bonchev–Trinajstić information content (AvgIpc) is 4.13. The second-order valence-electron chi connectivity index (χ2n) is 18.6. The number of nitrogens with zero attached hydrogens (tertiary/aromatic N) is 7. The Kier molecular flexibility index (Phi) is 25.2. The molecule has 6 N–H and O–H groups in total. The Hall–Kier alpha value is -5.05. The number of hydrazone groups is 1. The first kappa shape index (κ1) is 63.5. The van der Waals surface area contributed by atoms with E-state index < -0.39 is 67.7 Å². The smallest absolute Gasteiger partial charge is 0.350 e. The molecule has 2 aliphatic heterocycles. The van der Waals surface area contributed by atoms with Crippen molar-refractivity contribution < 1.29 is 99.4 Å². The number of anilines is 1. The Balaban J connectivity index is 0.652. The number of fused-ring (bicyclic) bond motifs is 3. The third kappa shape index (κ3) is 19.2. The molecule has 448 valence electrons. The quantitative estimate of drug-likeness (QED) is 0.00628. The average molecular weight is 1190 g/mol. The van der Waals surface area contributed by atoms with Crippen LogP contribution in [0.2, 0.25) is 5.28 Å². The van der Waals surface area contributed by atoms with Crippen molar-refractivity contribution in [3.05, 3.63) is 70.4 Å². The van der Waals surface area contributed by atoms with Crippen LogP contribution in [0.5, 0.6) is 11.5 Å². The number of aliphatic hydroxyl groups is 2. The van der Waals surface area contributed by atoms with Crippen LogP contribution in [0.25, 0.3) is 11.0 Å². The van der Waals surface area contributed by atoms with Gasteiger partial charge in [0.2, 0.25) is 11.0 Å². The van der Waals surface area contributed by atoms with Gasteiger partial charge in [0.15, 0.2) is 23.5 Å². The molecule has 4 heterocycles. The highest BCUT2D eigenvalue weighted by Crippen LogP contribution is 2.49. The Morgan fingerprint density at radius 3 is 2.05 bits per heavy atom. The van der Waals surface area contributed by atoms with Crippen LogP contribution >= 0.6 is 19.2 Å². The number of aliphatic imine (C=N–C) groups is 1. The molecule has 3 aliphatic rings. The third-order valence-electron chi connectivity index (χ3n) is 12.7. The van der Waals surface area contributed by atoms with Gasteiger partial charge in [0.25, 0.3) is 0 Å². The molecule has 1 spiro atoms. The van der Waals surface area contributed by atoms with Gasteiger partial charge in [-0.25, -0.2) is 17.9 Å². The standard InChI is InChI=1S/C50H67ClF3N8O18P/c51-49-58-46(37-27-57-62(47(37)59-49)48-44(65)43(64)41(79-48)29-77-32-81(66,67)68)61-30-50(31-61)5-3-33-1-2-36(25-38(33)50)78-22-21-75-18-17-73-15-16-74-19-20-76-28-35(60-55)26-56-6-8-70-10-12-72-14-13-71-11-9-69-7-4-42(63)80-45-39(53)23-34(52)24-40(45)54/h1-2,23-27,41,43-44,48,64-65H,3-22,28-32,55H2,(H2,66,67,68)/t41-,43-,44-,48-/m1/s1. The van der Waals surface area contributed by atoms with Crippen molar-refractivity contribution in [1.82, 2.24) is 19.7 Å². The number of hydrogen-bond acceptors (Lipinski definition) is 23. The van der Waals surface area contributed by atoms with Gasteiger partial charge in [-0.05, 0) is 47.7 Å². The Morgan fingerprint density at radius 1 is 0.815 bits per heavy atom. The summed E-state index contributed by atoms with van der Waals surface area (Å²) >= 11 is 6.43. The van der Waals surface area contributed by atoms with Crippen LogP contribution in [0.1, 0.15) is 30.2 Å². The van der Waals surface area contributed by atoms with E-state index in [1.54, 1.807) is 6.20 Å². The maximum Gasteiger partial charge on any atom is 0.350 e. The fraction of sp³-hybridized carbons (Fsp3) is 0.600. The van der Waals surface area contributed by atoms with E-state index in [9.17, 15) is 32.7 Å². The molecule has 2 saturated heterocycles. The lowest BCUT2D eigenvalue weighted by molar-refractivity contribution is -0.136. The second-order valence-corrected chi connectivity index (χ2v) is 20.5. The molecular weight excluding hydrogens is 1120 g/mol. The molecule has 4 aromatic rings. The van der Waals surface area contributed by atoms with Gasteiger partial charge in [-0.15, -0.1) is 0 Å². The third-order valence-corrected chi connectivity index (χ3v) is 13.4. The first-order chi connectivity index (χ1) is 39.1. The number of aliphatic hydroxyl groups excluding tert-OH is 2. The SMILES string of the molecule is NN=C(C=NCCOCCOCCOCCOCCC(=O)Oc1c(F)cc(F)cc1F)COCCOCCOCCOCCOc1ccc2c(c1)C1(CC2)CN(c2nc(Cl)nc3c2cnn3[C@@H]2O[C@H](COCP(=O)(O)O)[C@@H](O)[C@H]2O)C1. The van der Waals surface area contributed by atoms with E-state index >= 15 is 0 Å². The number of esters is 1. The van der Waals surface area contributed by atoms with E-state index in [2.05, 4.69) is 46.9 Å². The molecule has 7 rings (SSSR count). The molecule has 0 unspecified atom stereocenters. The largest absolute Gasteiger partial charge is 0.491 e. The van der Waals surface area contributed by atoms with Gasteiger partial charge < -0.3 is 87.6 Å². The highest BCUT2D eigenvalue weighted by Gasteiger charge is 2.50. The number of nitrogens with two attached hydrogens (primary N) is 1. The van der Waals surface area contributed by atoms with Gasteiger partial charge in [0, 0.05) is 36.9 Å². The summed E-state index contributed by atoms with van der Waals surface area (Å²) in [5, 5.41) is 30.1. The summed E-state index contributed by atoms with van der Waals surface area (Å²) in [7, 11) is -4.44. The van der Waals surface area contributed by atoms with Crippen molar-refractivity contribution in [3.63, 3.8) is 0 Å². The summed E-state index contributed by atoms with van der Waals surface area (Å²) in [5.41, 5.74) is 3.07. The molecule has 81 heavy (non-hydrogen) atoms. The Bertz CT molecular complexity index is 2720. The zero-order chi connectivity index (χ0) is 57.6. The maximum absolute atomic E-state index is 13.6. The van der Waals surface area contributed by atoms with Crippen molar-refractivity contribution in [1.29, 1.82) is 0 Å². The van der Waals surface area contributed by atoms with Crippen molar-refractivity contribution in [3.8, 4) is 11.5 Å². The summed E-state index contributed by atoms with van der Waals surface area (Å²) in [6.07, 6.45) is -1.33. The molecule has 4 atom stereocenters. The molecule has 2 fully saturated rings. The minimum atomic E-state index is -4.44. The monoisotopic (exact) mass is 1190 g/mol. The number of halogens is 4. The van der Waals surface area contributed by atoms with Crippen molar-refractivity contribution >= 4 is 53.9 Å². The van der Waals surface area contributed by atoms with Crippen LogP contribution < -0.4 is 20.2 Å². The molecule has 2 aromatic carbocycles. The van der Waals surface area contributed by atoms with E-state index in [-0.39, 0.29) is 55.8 Å². The second kappa shape index (κ2) is 32.1. The molecule has 1 aliphatic carbocycles. The molecule has 0 radical (unpaired) electrons. The highest BCUT2D eigenvalue weighted by atomic mass is 35.5. The number of carbonyl (C=O) groups excluding carboxylic acids is 1. The lowest BCUT2D eigenvalue weighted by atomic mass is 9.74. The van der Waals surface area contributed by atoms with E-state index in [0.29, 0.717) is 135 Å². The fourth-order valence-corrected chi connectivity index (χ4v) is 9.36. The number of hydrogen-bond donors (Lipinski definition) is 5. The molecule has 0 amide bonds. The topological polar surface area (TPSA) is 323 Å². The predicted octanol–water partition coefficient (Wildman–Crippen LogP) is 2.27. The molecule has 31 heteroatoms. The van der Waals surface area contributed by atoms with E-state index in [1.165, 1.54) is 22.0 Å². The summed E-state index contributed by atoms with van der Waals surface area (Å²) < 4.78 is 118. The molecule has 0 bridgehead atoms.